The molecule has 0 aromatic heterocycles. The normalized spacial score (nSPS) is 12.2. The maximum Gasteiger partial charge on any atom is 0.0637 e. The van der Waals surface area contributed by atoms with Crippen LogP contribution in [0.3, 0.4) is 0 Å². The fourth-order valence-electron chi connectivity index (χ4n) is 1.95. The molecule has 0 radical (unpaired) electrons. The first-order chi connectivity index (χ1) is 9.11. The Balaban J connectivity index is 2.28. The van der Waals surface area contributed by atoms with Crippen LogP contribution in [0.25, 0.3) is 0 Å². The van der Waals surface area contributed by atoms with E-state index in [4.69, 9.17) is 34.8 Å². The van der Waals surface area contributed by atoms with Crippen molar-refractivity contribution in [1.29, 1.82) is 0 Å². The molecule has 19 heavy (non-hydrogen) atoms. The van der Waals surface area contributed by atoms with Gasteiger partial charge in [0.1, 0.15) is 0 Å². The van der Waals surface area contributed by atoms with E-state index in [-0.39, 0.29) is 6.04 Å². The van der Waals surface area contributed by atoms with Gasteiger partial charge in [-0.15, -0.1) is 0 Å². The van der Waals surface area contributed by atoms with Crippen LogP contribution in [-0.2, 0) is 0 Å². The Hall–Kier alpha value is -0.890. The van der Waals surface area contributed by atoms with Crippen molar-refractivity contribution in [2.75, 3.05) is 5.32 Å². The molecule has 1 unspecified atom stereocenters. The Bertz CT molecular complexity index is 569. The first-order valence-electron chi connectivity index (χ1n) is 6.08. The molecule has 0 bridgehead atoms. The zero-order valence-corrected chi connectivity index (χ0v) is 12.7. The zero-order valence-electron chi connectivity index (χ0n) is 10.5. The Labute approximate surface area is 128 Å². The molecular weight excluding hydrogens is 301 g/mol. The van der Waals surface area contributed by atoms with E-state index in [1.165, 1.54) is 0 Å². The van der Waals surface area contributed by atoms with Gasteiger partial charge < -0.3 is 5.32 Å². The highest BCUT2D eigenvalue weighted by Gasteiger charge is 2.14. The topological polar surface area (TPSA) is 12.0 Å². The van der Waals surface area contributed by atoms with Crippen LogP contribution in [0.4, 0.5) is 5.69 Å². The van der Waals surface area contributed by atoms with E-state index < -0.39 is 0 Å². The zero-order chi connectivity index (χ0) is 13.8. The van der Waals surface area contributed by atoms with Crippen LogP contribution < -0.4 is 5.32 Å². The van der Waals surface area contributed by atoms with Gasteiger partial charge in [0, 0.05) is 10.0 Å². The summed E-state index contributed by atoms with van der Waals surface area (Å²) in [6.07, 6.45) is 0.895. The molecule has 0 aliphatic heterocycles. The van der Waals surface area contributed by atoms with E-state index in [0.717, 1.165) is 17.7 Å². The predicted octanol–water partition coefficient (Wildman–Crippen LogP) is 6.21. The second-order valence-electron chi connectivity index (χ2n) is 4.25. The molecule has 0 spiro atoms. The number of para-hydroxylation sites is 1. The molecule has 0 saturated carbocycles. The van der Waals surface area contributed by atoms with Crippen molar-refractivity contribution in [1.82, 2.24) is 0 Å². The summed E-state index contributed by atoms with van der Waals surface area (Å²) in [6, 6.07) is 13.3. The van der Waals surface area contributed by atoms with Crippen LogP contribution in [0.15, 0.2) is 42.5 Å². The predicted molar refractivity (Wildman–Crippen MR) is 84.6 cm³/mol. The van der Waals surface area contributed by atoms with Crippen LogP contribution in [0.2, 0.25) is 15.1 Å². The first-order valence-corrected chi connectivity index (χ1v) is 7.21. The average molecular weight is 315 g/mol. The molecule has 0 saturated heterocycles. The Morgan fingerprint density at radius 1 is 1.00 bits per heavy atom. The fraction of sp³-hybridized carbons (Fsp3) is 0.200. The van der Waals surface area contributed by atoms with E-state index in [1.54, 1.807) is 6.07 Å². The molecule has 4 heteroatoms. The summed E-state index contributed by atoms with van der Waals surface area (Å²) >= 11 is 18.3. The second kappa shape index (κ2) is 6.51. The SMILES string of the molecule is CCC(Nc1ccccc1Cl)c1ccc(Cl)cc1Cl. The van der Waals surface area contributed by atoms with Crippen LogP contribution in [0.1, 0.15) is 24.9 Å². The van der Waals surface area contributed by atoms with Gasteiger partial charge in [0.05, 0.1) is 16.8 Å². The highest BCUT2D eigenvalue weighted by Crippen LogP contribution is 2.32. The standard InChI is InChI=1S/C15H14Cl3N/c1-2-14(11-8-7-10(16)9-13(11)18)19-15-6-4-3-5-12(15)17/h3-9,14,19H,2H2,1H3. The second-order valence-corrected chi connectivity index (χ2v) is 5.50. The van der Waals surface area contributed by atoms with E-state index in [0.29, 0.717) is 15.1 Å². The summed E-state index contributed by atoms with van der Waals surface area (Å²) < 4.78 is 0. The van der Waals surface area contributed by atoms with E-state index in [1.807, 2.05) is 36.4 Å². The van der Waals surface area contributed by atoms with Gasteiger partial charge >= 0.3 is 0 Å². The van der Waals surface area contributed by atoms with Gasteiger partial charge in [0.15, 0.2) is 0 Å². The molecule has 0 fully saturated rings. The third-order valence-electron chi connectivity index (χ3n) is 2.95. The first kappa shape index (κ1) is 14.5. The van der Waals surface area contributed by atoms with E-state index in [2.05, 4.69) is 12.2 Å². The molecule has 2 aromatic rings. The third kappa shape index (κ3) is 3.56. The van der Waals surface area contributed by atoms with Crippen molar-refractivity contribution in [3.63, 3.8) is 0 Å². The number of nitrogens with one attached hydrogen (secondary N) is 1. The molecular formula is C15H14Cl3N. The van der Waals surface area contributed by atoms with Gasteiger partial charge in [-0.2, -0.15) is 0 Å². The number of halogens is 3. The van der Waals surface area contributed by atoms with E-state index in [9.17, 15) is 0 Å². The quantitative estimate of drug-likeness (QED) is 0.707. The summed E-state index contributed by atoms with van der Waals surface area (Å²) in [5, 5.41) is 5.42. The summed E-state index contributed by atoms with van der Waals surface area (Å²) in [5.41, 5.74) is 1.93. The van der Waals surface area contributed by atoms with Gasteiger partial charge in [-0.3, -0.25) is 0 Å². The lowest BCUT2D eigenvalue weighted by Gasteiger charge is -2.20. The largest absolute Gasteiger partial charge is 0.377 e. The van der Waals surface area contributed by atoms with Gasteiger partial charge in [0.25, 0.3) is 0 Å². The Kier molecular flexibility index (Phi) is 4.98. The van der Waals surface area contributed by atoms with Crippen molar-refractivity contribution in [2.45, 2.75) is 19.4 Å². The van der Waals surface area contributed by atoms with Crippen molar-refractivity contribution in [3.8, 4) is 0 Å². The summed E-state index contributed by atoms with van der Waals surface area (Å²) in [4.78, 5) is 0. The molecule has 2 rings (SSSR count). The van der Waals surface area contributed by atoms with Crippen LogP contribution in [0, 0.1) is 0 Å². The number of benzene rings is 2. The highest BCUT2D eigenvalue weighted by molar-refractivity contribution is 6.35. The minimum atomic E-state index is 0.102. The van der Waals surface area contributed by atoms with Gasteiger partial charge in [-0.25, -0.2) is 0 Å². The smallest absolute Gasteiger partial charge is 0.0637 e. The molecule has 0 heterocycles. The van der Waals surface area contributed by atoms with Crippen LogP contribution in [0.5, 0.6) is 0 Å². The van der Waals surface area contributed by atoms with Crippen LogP contribution in [-0.4, -0.2) is 0 Å². The lowest BCUT2D eigenvalue weighted by Crippen LogP contribution is -2.10. The molecule has 0 amide bonds. The number of hydrogen-bond donors (Lipinski definition) is 1. The van der Waals surface area contributed by atoms with Gasteiger partial charge in [-0.1, -0.05) is 59.9 Å². The maximum atomic E-state index is 6.25. The third-order valence-corrected chi connectivity index (χ3v) is 3.84. The van der Waals surface area contributed by atoms with E-state index >= 15 is 0 Å². The molecule has 2 aromatic carbocycles. The molecule has 1 nitrogen and oxygen atoms in total. The molecule has 1 atom stereocenters. The highest BCUT2D eigenvalue weighted by atomic mass is 35.5. The lowest BCUT2D eigenvalue weighted by atomic mass is 10.0. The van der Waals surface area contributed by atoms with Crippen molar-refractivity contribution >= 4 is 40.5 Å². The number of rotatable bonds is 4. The molecule has 0 aliphatic carbocycles. The monoisotopic (exact) mass is 313 g/mol. The van der Waals surface area contributed by atoms with Crippen molar-refractivity contribution in [2.24, 2.45) is 0 Å². The minimum absolute atomic E-state index is 0.102. The minimum Gasteiger partial charge on any atom is -0.377 e. The molecule has 100 valence electrons. The van der Waals surface area contributed by atoms with Gasteiger partial charge in [0.2, 0.25) is 0 Å². The Morgan fingerprint density at radius 2 is 1.74 bits per heavy atom. The number of hydrogen-bond acceptors (Lipinski definition) is 1. The summed E-state index contributed by atoms with van der Waals surface area (Å²) in [7, 11) is 0. The Morgan fingerprint density at radius 3 is 2.37 bits per heavy atom. The maximum absolute atomic E-state index is 6.25. The fourth-order valence-corrected chi connectivity index (χ4v) is 2.68. The number of anilines is 1. The van der Waals surface area contributed by atoms with Crippen molar-refractivity contribution in [3.05, 3.63) is 63.1 Å². The molecule has 0 aliphatic rings. The lowest BCUT2D eigenvalue weighted by molar-refractivity contribution is 0.750. The summed E-state index contributed by atoms with van der Waals surface area (Å²) in [5.74, 6) is 0. The molecule has 1 N–H and O–H groups in total. The average Bonchev–Trinajstić information content (AvgIpc) is 2.39. The van der Waals surface area contributed by atoms with Crippen LogP contribution >= 0.6 is 34.8 Å². The summed E-state index contributed by atoms with van der Waals surface area (Å²) in [6.45, 7) is 2.10. The van der Waals surface area contributed by atoms with Crippen molar-refractivity contribution < 1.29 is 0 Å². The van der Waals surface area contributed by atoms with Gasteiger partial charge in [-0.05, 0) is 36.2 Å².